The average molecular weight is 400 g/mol. The van der Waals surface area contributed by atoms with Crippen LogP contribution >= 0.6 is 0 Å². The predicted molar refractivity (Wildman–Crippen MR) is 116 cm³/mol. The molecule has 1 saturated heterocycles. The monoisotopic (exact) mass is 399 g/mol. The number of hydrogen-bond donors (Lipinski definition) is 2. The number of nitrogens with zero attached hydrogens (tertiary/aromatic N) is 5. The smallest absolute Gasteiger partial charge is 0.213 e. The number of rotatable bonds is 5. The summed E-state index contributed by atoms with van der Waals surface area (Å²) in [5.74, 6) is 3.27. The zero-order valence-electron chi connectivity index (χ0n) is 18.2. The van der Waals surface area contributed by atoms with Crippen molar-refractivity contribution in [2.24, 2.45) is 4.99 Å². The molecule has 158 valence electrons. The summed E-state index contributed by atoms with van der Waals surface area (Å²) in [4.78, 5) is 17.9. The Morgan fingerprint density at radius 2 is 1.79 bits per heavy atom. The van der Waals surface area contributed by atoms with Gasteiger partial charge in [-0.2, -0.15) is 0 Å². The number of guanidine groups is 1. The number of hydrogen-bond acceptors (Lipinski definition) is 6. The maximum absolute atomic E-state index is 5.81. The van der Waals surface area contributed by atoms with Crippen LogP contribution in [0.5, 0.6) is 0 Å². The van der Waals surface area contributed by atoms with Crippen molar-refractivity contribution in [2.75, 3.05) is 45.2 Å². The molecule has 0 amide bonds. The van der Waals surface area contributed by atoms with Gasteiger partial charge in [-0.1, -0.05) is 26.8 Å². The molecule has 3 rings (SSSR count). The van der Waals surface area contributed by atoms with Crippen LogP contribution < -0.4 is 15.5 Å². The molecule has 8 heteroatoms. The van der Waals surface area contributed by atoms with Crippen molar-refractivity contribution in [2.45, 2.75) is 39.3 Å². The molecule has 8 nitrogen and oxygen atoms in total. The van der Waals surface area contributed by atoms with E-state index in [0.717, 1.165) is 43.3 Å². The molecule has 0 atom stereocenters. The summed E-state index contributed by atoms with van der Waals surface area (Å²) in [7, 11) is 3.91. The van der Waals surface area contributed by atoms with E-state index in [1.165, 1.54) is 0 Å². The summed E-state index contributed by atoms with van der Waals surface area (Å²) >= 11 is 0. The van der Waals surface area contributed by atoms with E-state index < -0.39 is 0 Å². The Bertz CT molecular complexity index is 799. The SMILES string of the molecule is CN=C(NCc1ccc(N2CCN(C)CC2)nc1)NCc1ncc(C(C)(C)C)o1. The first-order valence-electron chi connectivity index (χ1n) is 10.1. The van der Waals surface area contributed by atoms with Gasteiger partial charge in [0.25, 0.3) is 0 Å². The molecule has 0 spiro atoms. The molecule has 0 saturated carbocycles. The molecular formula is C21H33N7O. The quantitative estimate of drug-likeness (QED) is 0.588. The van der Waals surface area contributed by atoms with E-state index in [0.29, 0.717) is 24.9 Å². The fraction of sp³-hybridized carbons (Fsp3) is 0.571. The van der Waals surface area contributed by atoms with Gasteiger partial charge < -0.3 is 24.9 Å². The maximum atomic E-state index is 5.81. The Balaban J connectivity index is 1.47. The van der Waals surface area contributed by atoms with Crippen LogP contribution in [0.4, 0.5) is 5.82 Å². The lowest BCUT2D eigenvalue weighted by molar-refractivity contribution is 0.312. The lowest BCUT2D eigenvalue weighted by atomic mass is 9.94. The largest absolute Gasteiger partial charge is 0.443 e. The number of nitrogens with one attached hydrogen (secondary N) is 2. The number of aliphatic imine (C=N–C) groups is 1. The lowest BCUT2D eigenvalue weighted by Crippen LogP contribution is -2.44. The molecule has 2 N–H and O–H groups in total. The Labute approximate surface area is 173 Å². The molecule has 0 bridgehead atoms. The highest BCUT2D eigenvalue weighted by molar-refractivity contribution is 5.79. The maximum Gasteiger partial charge on any atom is 0.213 e. The fourth-order valence-electron chi connectivity index (χ4n) is 3.05. The highest BCUT2D eigenvalue weighted by Gasteiger charge is 2.19. The third-order valence-electron chi connectivity index (χ3n) is 5.02. The van der Waals surface area contributed by atoms with Crippen LogP contribution in [0.2, 0.25) is 0 Å². The highest BCUT2D eigenvalue weighted by Crippen LogP contribution is 2.22. The second-order valence-corrected chi connectivity index (χ2v) is 8.46. The molecule has 0 radical (unpaired) electrons. The predicted octanol–water partition coefficient (Wildman–Crippen LogP) is 1.98. The van der Waals surface area contributed by atoms with E-state index in [-0.39, 0.29) is 5.41 Å². The van der Waals surface area contributed by atoms with Crippen molar-refractivity contribution in [3.8, 4) is 0 Å². The zero-order chi connectivity index (χ0) is 20.9. The van der Waals surface area contributed by atoms with E-state index in [1.807, 2.05) is 6.20 Å². The van der Waals surface area contributed by atoms with Crippen molar-refractivity contribution < 1.29 is 4.42 Å². The third-order valence-corrected chi connectivity index (χ3v) is 5.02. The molecule has 0 aliphatic carbocycles. The van der Waals surface area contributed by atoms with Gasteiger partial charge in [-0.15, -0.1) is 0 Å². The Kier molecular flexibility index (Phi) is 6.74. The van der Waals surface area contributed by atoms with Crippen molar-refractivity contribution in [3.63, 3.8) is 0 Å². The topological polar surface area (TPSA) is 81.8 Å². The molecule has 2 aromatic heterocycles. The zero-order valence-corrected chi connectivity index (χ0v) is 18.2. The number of oxazole rings is 1. The first-order chi connectivity index (χ1) is 13.8. The van der Waals surface area contributed by atoms with Gasteiger partial charge in [0.15, 0.2) is 5.96 Å². The summed E-state index contributed by atoms with van der Waals surface area (Å²) in [6, 6.07) is 4.21. The summed E-state index contributed by atoms with van der Waals surface area (Å²) in [6.45, 7) is 11.6. The standard InChI is InChI=1S/C21H33N7O/c1-21(2,3)17-14-24-19(29-17)15-26-20(22-4)25-13-16-6-7-18(23-12-16)28-10-8-27(5)9-11-28/h6-7,12,14H,8-11,13,15H2,1-5H3,(H2,22,25,26). The lowest BCUT2D eigenvalue weighted by Gasteiger charge is -2.33. The van der Waals surface area contributed by atoms with Crippen LogP contribution in [-0.4, -0.2) is 61.1 Å². The number of pyridine rings is 1. The van der Waals surface area contributed by atoms with Crippen molar-refractivity contribution >= 4 is 11.8 Å². The van der Waals surface area contributed by atoms with Crippen LogP contribution in [0.3, 0.4) is 0 Å². The van der Waals surface area contributed by atoms with Crippen molar-refractivity contribution in [1.82, 2.24) is 25.5 Å². The number of piperazine rings is 1. The molecule has 0 unspecified atom stereocenters. The molecule has 2 aromatic rings. The number of likely N-dealkylation sites (N-methyl/N-ethyl adjacent to an activating group) is 1. The minimum atomic E-state index is -0.0472. The molecule has 3 heterocycles. The van der Waals surface area contributed by atoms with E-state index in [4.69, 9.17) is 4.42 Å². The van der Waals surface area contributed by atoms with Crippen molar-refractivity contribution in [1.29, 1.82) is 0 Å². The second-order valence-electron chi connectivity index (χ2n) is 8.46. The average Bonchev–Trinajstić information content (AvgIpc) is 3.19. The van der Waals surface area contributed by atoms with Crippen LogP contribution in [0.25, 0.3) is 0 Å². The molecule has 0 aromatic carbocycles. The minimum absolute atomic E-state index is 0.0472. The van der Waals surface area contributed by atoms with Crippen LogP contribution in [0.15, 0.2) is 33.9 Å². The van der Waals surface area contributed by atoms with Gasteiger partial charge in [0.2, 0.25) is 5.89 Å². The minimum Gasteiger partial charge on any atom is -0.443 e. The molecule has 1 fully saturated rings. The first-order valence-corrected chi connectivity index (χ1v) is 10.1. The van der Waals surface area contributed by atoms with Crippen LogP contribution in [0, 0.1) is 0 Å². The highest BCUT2D eigenvalue weighted by atomic mass is 16.4. The van der Waals surface area contributed by atoms with E-state index >= 15 is 0 Å². The van der Waals surface area contributed by atoms with Gasteiger partial charge in [-0.25, -0.2) is 9.97 Å². The Hall–Kier alpha value is -2.61. The third kappa shape index (κ3) is 5.93. The van der Waals surface area contributed by atoms with Gasteiger partial charge in [0, 0.05) is 51.4 Å². The normalized spacial score (nSPS) is 16.2. The molecule has 1 aliphatic rings. The summed E-state index contributed by atoms with van der Waals surface area (Å²) in [6.07, 6.45) is 3.72. The Morgan fingerprint density at radius 3 is 2.38 bits per heavy atom. The van der Waals surface area contributed by atoms with Gasteiger partial charge >= 0.3 is 0 Å². The molecule has 29 heavy (non-hydrogen) atoms. The van der Waals surface area contributed by atoms with Crippen molar-refractivity contribution in [3.05, 3.63) is 41.7 Å². The van der Waals surface area contributed by atoms with Gasteiger partial charge in [-0.3, -0.25) is 4.99 Å². The van der Waals surface area contributed by atoms with E-state index in [1.54, 1.807) is 13.2 Å². The van der Waals surface area contributed by atoms with Gasteiger partial charge in [0.05, 0.1) is 12.7 Å². The fourth-order valence-corrected chi connectivity index (χ4v) is 3.05. The van der Waals surface area contributed by atoms with E-state index in [2.05, 4.69) is 75.3 Å². The summed E-state index contributed by atoms with van der Waals surface area (Å²) < 4.78 is 5.81. The second kappa shape index (κ2) is 9.26. The van der Waals surface area contributed by atoms with Crippen LogP contribution in [-0.2, 0) is 18.5 Å². The first kappa shape index (κ1) is 21.1. The van der Waals surface area contributed by atoms with Crippen LogP contribution in [0.1, 0.15) is 38.0 Å². The summed E-state index contributed by atoms with van der Waals surface area (Å²) in [5.41, 5.74) is 1.06. The molecule has 1 aliphatic heterocycles. The number of anilines is 1. The summed E-state index contributed by atoms with van der Waals surface area (Å²) in [5, 5.41) is 6.54. The van der Waals surface area contributed by atoms with E-state index in [9.17, 15) is 0 Å². The van der Waals surface area contributed by atoms with Gasteiger partial charge in [0.1, 0.15) is 11.6 Å². The Morgan fingerprint density at radius 1 is 1.07 bits per heavy atom. The van der Waals surface area contributed by atoms with Gasteiger partial charge in [-0.05, 0) is 18.7 Å². The molecular weight excluding hydrogens is 366 g/mol. The number of aromatic nitrogens is 2.